The van der Waals surface area contributed by atoms with E-state index in [9.17, 15) is 0 Å². The fraction of sp³-hybridized carbons (Fsp3) is 0.690. The largest absolute Gasteiger partial charge is 0.392 e. The van der Waals surface area contributed by atoms with Crippen LogP contribution in [0, 0.1) is 5.41 Å². The summed E-state index contributed by atoms with van der Waals surface area (Å²) in [6.07, 6.45) is 18.5. The van der Waals surface area contributed by atoms with Crippen molar-refractivity contribution in [3.8, 4) is 0 Å². The molecule has 0 bridgehead atoms. The Morgan fingerprint density at radius 1 is 1.15 bits per heavy atom. The first-order valence-corrected chi connectivity index (χ1v) is 12.9. The number of rotatable bonds is 10. The molecule has 0 amide bonds. The summed E-state index contributed by atoms with van der Waals surface area (Å²) in [5.41, 5.74) is 3.00. The molecule has 194 valence electrons. The van der Waals surface area contributed by atoms with Crippen molar-refractivity contribution < 1.29 is 9.53 Å². The molecule has 1 atom stereocenters. The molecule has 0 saturated carbocycles. The minimum absolute atomic E-state index is 0.179. The van der Waals surface area contributed by atoms with E-state index in [0.29, 0.717) is 12.0 Å². The number of carbonyl (C=O) groups is 1. The number of allylic oxidation sites excluding steroid dienone is 6. The summed E-state index contributed by atoms with van der Waals surface area (Å²) in [7, 11) is 1.96. The van der Waals surface area contributed by atoms with Crippen LogP contribution in [0.15, 0.2) is 47.9 Å². The number of hydrogen-bond donors (Lipinski definition) is 1. The van der Waals surface area contributed by atoms with E-state index < -0.39 is 0 Å². The highest BCUT2D eigenvalue weighted by Gasteiger charge is 2.25. The molecule has 33 heavy (non-hydrogen) atoms. The number of nitrogens with zero attached hydrogens (tertiary/aromatic N) is 1. The molecule has 1 rings (SSSR count). The fourth-order valence-electron chi connectivity index (χ4n) is 3.29. The standard InChI is InChI=1S/C23H40N2O.C2H4O.2C2H6/c1-7-12-22(15-10-13-20(2)24-6)26-18-9-8-14-21(3)25-17-11-16-23(4,5)19-25;1-2-3;2*1-2/h7-9,12-14,22,24H,10-11,15-19H2,1-6H3;2H,1H3;2*1-2H3/b9-8-,12-7-,20-13+,21-14+;;;. The van der Waals surface area contributed by atoms with Gasteiger partial charge in [-0.1, -0.05) is 71.9 Å². The molecule has 1 aliphatic heterocycles. The van der Waals surface area contributed by atoms with Gasteiger partial charge in [0.2, 0.25) is 0 Å². The summed E-state index contributed by atoms with van der Waals surface area (Å²) in [4.78, 5) is 11.3. The molecule has 1 saturated heterocycles. The van der Waals surface area contributed by atoms with Crippen LogP contribution in [0.25, 0.3) is 0 Å². The molecular weight excluding hydrogens is 408 g/mol. The third-order valence-corrected chi connectivity index (χ3v) is 4.98. The Labute approximate surface area is 207 Å². The molecule has 1 N–H and O–H groups in total. The third-order valence-electron chi connectivity index (χ3n) is 4.98. The Morgan fingerprint density at radius 3 is 2.27 bits per heavy atom. The van der Waals surface area contributed by atoms with E-state index in [2.05, 4.69) is 74.4 Å². The van der Waals surface area contributed by atoms with Gasteiger partial charge in [-0.25, -0.2) is 0 Å². The van der Waals surface area contributed by atoms with E-state index in [1.54, 1.807) is 0 Å². The molecule has 4 heteroatoms. The lowest BCUT2D eigenvalue weighted by molar-refractivity contribution is -0.106. The highest BCUT2D eigenvalue weighted by Crippen LogP contribution is 2.30. The molecule has 0 aromatic rings. The third kappa shape index (κ3) is 21.8. The first kappa shape index (κ1) is 35.8. The van der Waals surface area contributed by atoms with Crippen LogP contribution in [0.4, 0.5) is 0 Å². The molecule has 1 unspecified atom stereocenters. The fourth-order valence-corrected chi connectivity index (χ4v) is 3.29. The van der Waals surface area contributed by atoms with Crippen molar-refractivity contribution in [2.75, 3.05) is 26.7 Å². The lowest BCUT2D eigenvalue weighted by Gasteiger charge is -2.39. The molecule has 0 spiro atoms. The zero-order valence-electron chi connectivity index (χ0n) is 23.8. The van der Waals surface area contributed by atoms with Gasteiger partial charge in [-0.05, 0) is 64.9 Å². The summed E-state index contributed by atoms with van der Waals surface area (Å²) in [5, 5.41) is 3.15. The summed E-state index contributed by atoms with van der Waals surface area (Å²) >= 11 is 0. The van der Waals surface area contributed by atoms with Gasteiger partial charge in [0.1, 0.15) is 6.29 Å². The molecule has 1 fully saturated rings. The number of piperidine rings is 1. The molecular formula is C29H56N2O2. The average Bonchev–Trinajstić information content (AvgIpc) is 2.81. The van der Waals surface area contributed by atoms with E-state index in [0.717, 1.165) is 25.7 Å². The minimum atomic E-state index is 0.179. The molecule has 4 nitrogen and oxygen atoms in total. The Bertz CT molecular complexity index is 560. The first-order chi connectivity index (χ1) is 15.8. The Kier molecular flexibility index (Phi) is 26.9. The second kappa shape index (κ2) is 24.8. The first-order valence-electron chi connectivity index (χ1n) is 12.9. The van der Waals surface area contributed by atoms with Crippen LogP contribution in [-0.4, -0.2) is 44.0 Å². The maximum atomic E-state index is 8.81. The highest BCUT2D eigenvalue weighted by atomic mass is 16.5. The van der Waals surface area contributed by atoms with Gasteiger partial charge in [-0.2, -0.15) is 0 Å². The maximum Gasteiger partial charge on any atom is 0.116 e. The van der Waals surface area contributed by atoms with Crippen molar-refractivity contribution in [2.45, 2.75) is 101 Å². The van der Waals surface area contributed by atoms with Crippen molar-refractivity contribution in [2.24, 2.45) is 5.41 Å². The van der Waals surface area contributed by atoms with Crippen molar-refractivity contribution >= 4 is 6.29 Å². The smallest absolute Gasteiger partial charge is 0.116 e. The second-order valence-corrected chi connectivity index (χ2v) is 8.27. The van der Waals surface area contributed by atoms with E-state index in [1.807, 2.05) is 41.7 Å². The van der Waals surface area contributed by atoms with Gasteiger partial charge in [-0.15, -0.1) is 0 Å². The lowest BCUT2D eigenvalue weighted by Crippen LogP contribution is -2.38. The van der Waals surface area contributed by atoms with Crippen LogP contribution in [0.3, 0.4) is 0 Å². The lowest BCUT2D eigenvalue weighted by atomic mass is 9.84. The van der Waals surface area contributed by atoms with Crippen molar-refractivity contribution in [1.29, 1.82) is 0 Å². The van der Waals surface area contributed by atoms with E-state index in [4.69, 9.17) is 9.53 Å². The van der Waals surface area contributed by atoms with Crippen molar-refractivity contribution in [3.05, 3.63) is 47.9 Å². The van der Waals surface area contributed by atoms with Crippen molar-refractivity contribution in [1.82, 2.24) is 10.2 Å². The molecule has 0 radical (unpaired) electrons. The normalized spacial score (nSPS) is 16.6. The maximum absolute atomic E-state index is 8.81. The zero-order chi connectivity index (χ0) is 26.1. The van der Waals surface area contributed by atoms with Gasteiger partial charge >= 0.3 is 0 Å². The molecule has 0 aliphatic carbocycles. The van der Waals surface area contributed by atoms with Gasteiger partial charge in [0.05, 0.1) is 12.7 Å². The number of aldehydes is 1. The molecule has 1 aliphatic rings. The summed E-state index contributed by atoms with van der Waals surface area (Å²) < 4.78 is 5.99. The molecule has 0 aromatic heterocycles. The van der Waals surface area contributed by atoms with Crippen LogP contribution < -0.4 is 5.32 Å². The quantitative estimate of drug-likeness (QED) is 0.204. The molecule has 0 aromatic carbocycles. The monoisotopic (exact) mass is 464 g/mol. The summed E-state index contributed by atoms with van der Waals surface area (Å²) in [6.45, 7) is 23.5. The van der Waals surface area contributed by atoms with Gasteiger partial charge < -0.3 is 19.7 Å². The topological polar surface area (TPSA) is 41.6 Å². The number of hydrogen-bond acceptors (Lipinski definition) is 4. The zero-order valence-corrected chi connectivity index (χ0v) is 23.8. The SMILES string of the molecule is C/C=C\C(CC/C=C(\C)NC)OC/C=C\C=C(/C)N1CCCC(C)(C)C1.CC.CC.CC=O. The van der Waals surface area contributed by atoms with Gasteiger partial charge in [0.25, 0.3) is 0 Å². The summed E-state index contributed by atoms with van der Waals surface area (Å²) in [5.74, 6) is 0. The Hall–Kier alpha value is -1.81. The van der Waals surface area contributed by atoms with E-state index in [1.165, 1.54) is 37.7 Å². The van der Waals surface area contributed by atoms with Crippen LogP contribution in [-0.2, 0) is 9.53 Å². The van der Waals surface area contributed by atoms with Crippen LogP contribution in [0.2, 0.25) is 0 Å². The van der Waals surface area contributed by atoms with E-state index >= 15 is 0 Å². The summed E-state index contributed by atoms with van der Waals surface area (Å²) in [6, 6.07) is 0. The van der Waals surface area contributed by atoms with Gasteiger partial charge in [0, 0.05) is 31.5 Å². The number of ether oxygens (including phenoxy) is 1. The highest BCUT2D eigenvalue weighted by molar-refractivity contribution is 5.44. The van der Waals surface area contributed by atoms with Gasteiger partial charge in [0.15, 0.2) is 0 Å². The Balaban J connectivity index is -0.00000115. The van der Waals surface area contributed by atoms with E-state index in [-0.39, 0.29) is 6.10 Å². The number of likely N-dealkylation sites (tertiary alicyclic amines) is 1. The predicted octanol–water partition coefficient (Wildman–Crippen LogP) is 7.69. The average molecular weight is 465 g/mol. The van der Waals surface area contributed by atoms with Crippen molar-refractivity contribution in [3.63, 3.8) is 0 Å². The van der Waals surface area contributed by atoms with Crippen LogP contribution in [0.1, 0.15) is 94.9 Å². The predicted molar refractivity (Wildman–Crippen MR) is 149 cm³/mol. The van der Waals surface area contributed by atoms with Crippen LogP contribution in [0.5, 0.6) is 0 Å². The second-order valence-electron chi connectivity index (χ2n) is 8.27. The number of carbonyl (C=O) groups excluding carboxylic acids is 1. The minimum Gasteiger partial charge on any atom is -0.392 e. The van der Waals surface area contributed by atoms with Gasteiger partial charge in [-0.3, -0.25) is 0 Å². The molecule has 1 heterocycles. The Morgan fingerprint density at radius 2 is 1.76 bits per heavy atom. The number of nitrogens with one attached hydrogen (secondary N) is 1. The van der Waals surface area contributed by atoms with Crippen LogP contribution >= 0.6 is 0 Å².